The van der Waals surface area contributed by atoms with Crippen LogP contribution in [0.3, 0.4) is 0 Å². The summed E-state index contributed by atoms with van der Waals surface area (Å²) in [6, 6.07) is -3.46. The zero-order valence-electron chi connectivity index (χ0n) is 20.7. The van der Waals surface area contributed by atoms with Gasteiger partial charge in [-0.1, -0.05) is 6.04 Å². The highest BCUT2D eigenvalue weighted by Gasteiger charge is 2.22. The summed E-state index contributed by atoms with van der Waals surface area (Å²) in [5, 5.41) is 2.12. The molecule has 1 aliphatic heterocycles. The normalized spacial score (nSPS) is 31.0. The lowest BCUT2D eigenvalue weighted by Crippen LogP contribution is -2.28. The van der Waals surface area contributed by atoms with Gasteiger partial charge >= 0.3 is 6.09 Å². The van der Waals surface area contributed by atoms with Crippen LogP contribution in [-0.2, 0) is 17.6 Å². The van der Waals surface area contributed by atoms with Gasteiger partial charge in [-0.3, -0.25) is 0 Å². The number of ether oxygens (including phenoxy) is 1. The highest BCUT2D eigenvalue weighted by atomic mass is 16.6. The van der Waals surface area contributed by atoms with E-state index in [-0.39, 0.29) is 46.7 Å². The first kappa shape index (κ1) is 6.83. The molecular weight excluding hydrogens is 266 g/mol. The lowest BCUT2D eigenvalue weighted by molar-refractivity contribution is 0.177. The molecule has 112 valence electrons. The molecule has 0 unspecified atom stereocenters. The number of aromatic nitrogens is 1. The highest BCUT2D eigenvalue weighted by Crippen LogP contribution is 2.21. The number of benzene rings is 1. The predicted octanol–water partition coefficient (Wildman–Crippen LogP) is 1.92. The van der Waals surface area contributed by atoms with Gasteiger partial charge in [0.15, 0.2) is 0 Å². The van der Waals surface area contributed by atoms with Crippen molar-refractivity contribution in [2.24, 2.45) is 0 Å². The Morgan fingerprint density at radius 3 is 3.19 bits per heavy atom. The third-order valence-corrected chi connectivity index (χ3v) is 2.95. The van der Waals surface area contributed by atoms with E-state index < -0.39 is 37.6 Å². The van der Waals surface area contributed by atoms with Gasteiger partial charge in [0.1, 0.15) is 6.56 Å². The number of nitrogens with one attached hydrogen (secondary N) is 2. The number of rotatable bonds is 5. The van der Waals surface area contributed by atoms with Gasteiger partial charge in [0.2, 0.25) is 0 Å². The van der Waals surface area contributed by atoms with Crippen LogP contribution in [0, 0.1) is 0 Å². The van der Waals surface area contributed by atoms with E-state index in [4.69, 9.17) is 12.3 Å². The number of H-pyrrole nitrogens is 1. The van der Waals surface area contributed by atoms with Crippen LogP contribution in [0.1, 0.15) is 23.5 Å². The standard InChI is InChI=1S/C16H21N3O2/c1-19(2)6-5-12-9-17-15-4-3-11(8-14(12)15)7-13-10-21-16(20)18-13/h3-4,8-9,13,17H,5-7,10H2,1-2H3,(H,18,20)/t13-/m0/s1/i3D,4D,6D2,8D,9D,10D2,13D. The molecule has 2 aromatic rings. The molecule has 1 aliphatic rings. The molecule has 1 atom stereocenters. The summed E-state index contributed by atoms with van der Waals surface area (Å²) in [4.78, 5) is 15.4. The summed E-state index contributed by atoms with van der Waals surface area (Å²) in [6.07, 6.45) is -2.23. The van der Waals surface area contributed by atoms with E-state index in [1.165, 1.54) is 19.0 Å². The van der Waals surface area contributed by atoms with Gasteiger partial charge in [-0.15, -0.1) is 0 Å². The number of likely N-dealkylation sites (N-methyl/N-ethyl adjacent to an activating group) is 1. The number of nitrogens with zero attached hydrogens (tertiary/aromatic N) is 1. The van der Waals surface area contributed by atoms with Crippen LogP contribution in [0.2, 0.25) is 0 Å². The fraction of sp³-hybridized carbons (Fsp3) is 0.438. The van der Waals surface area contributed by atoms with Gasteiger partial charge < -0.3 is 19.9 Å². The van der Waals surface area contributed by atoms with Gasteiger partial charge in [0.25, 0.3) is 0 Å². The van der Waals surface area contributed by atoms with Crippen LogP contribution in [-0.4, -0.2) is 49.1 Å². The molecule has 0 radical (unpaired) electrons. The second kappa shape index (κ2) is 5.77. The van der Waals surface area contributed by atoms with E-state index in [9.17, 15) is 4.79 Å². The molecule has 0 bridgehead atoms. The Labute approximate surface area is 136 Å². The molecule has 1 aromatic heterocycles. The van der Waals surface area contributed by atoms with Crippen LogP contribution in [0.4, 0.5) is 4.79 Å². The molecule has 1 saturated heterocycles. The Bertz CT molecular complexity index is 1040. The summed E-state index contributed by atoms with van der Waals surface area (Å²) in [7, 11) is 3.05. The predicted molar refractivity (Wildman–Crippen MR) is 82.5 cm³/mol. The molecule has 21 heavy (non-hydrogen) atoms. The van der Waals surface area contributed by atoms with Crippen molar-refractivity contribution in [3.05, 3.63) is 35.4 Å². The largest absolute Gasteiger partial charge is 0.447 e. The molecule has 0 spiro atoms. The van der Waals surface area contributed by atoms with Gasteiger partial charge in [0, 0.05) is 26.3 Å². The number of hydrogen-bond donors (Lipinski definition) is 2. The average Bonchev–Trinajstić information content (AvgIpc) is 3.02. The minimum atomic E-state index is -2.73. The van der Waals surface area contributed by atoms with Crippen molar-refractivity contribution in [2.75, 3.05) is 27.2 Å². The minimum Gasteiger partial charge on any atom is -0.447 e. The number of carbonyl (C=O) groups is 1. The number of alkyl carbamates (subject to hydrolysis) is 1. The van der Waals surface area contributed by atoms with E-state index in [2.05, 4.69) is 15.0 Å². The van der Waals surface area contributed by atoms with E-state index in [0.717, 1.165) is 0 Å². The number of aromatic amines is 1. The molecule has 3 rings (SSSR count). The van der Waals surface area contributed by atoms with Crippen molar-refractivity contribution in [1.82, 2.24) is 15.2 Å². The van der Waals surface area contributed by atoms with Crippen molar-refractivity contribution in [3.63, 3.8) is 0 Å². The minimum absolute atomic E-state index is 0.0251. The topological polar surface area (TPSA) is 57.4 Å². The van der Waals surface area contributed by atoms with Crippen molar-refractivity contribution in [3.8, 4) is 0 Å². The fourth-order valence-electron chi connectivity index (χ4n) is 1.96. The molecule has 5 nitrogen and oxygen atoms in total. The number of cyclic esters (lactones) is 1. The molecule has 0 saturated carbocycles. The summed E-state index contributed by atoms with van der Waals surface area (Å²) in [5.41, 5.74) is -0.0166. The van der Waals surface area contributed by atoms with Crippen LogP contribution < -0.4 is 5.32 Å². The zero-order valence-corrected chi connectivity index (χ0v) is 11.7. The van der Waals surface area contributed by atoms with Gasteiger partial charge in [-0.25, -0.2) is 4.79 Å². The number of fused-ring (bicyclic) bond motifs is 1. The van der Waals surface area contributed by atoms with E-state index in [0.29, 0.717) is 0 Å². The number of hydrogen-bond acceptors (Lipinski definition) is 3. The van der Waals surface area contributed by atoms with Crippen LogP contribution in [0.25, 0.3) is 10.9 Å². The molecule has 1 fully saturated rings. The molecule has 5 heteroatoms. The zero-order chi connectivity index (χ0) is 22.8. The molecule has 2 heterocycles. The Morgan fingerprint density at radius 2 is 2.48 bits per heavy atom. The SMILES string of the molecule is [2H]c1[nH]c2c([2H])c([2H])c(C[C@]3([2H])NC(=O)OC3([2H])[2H])c([2H])c2c1CC([2H])([2H])N(C)C. The van der Waals surface area contributed by atoms with Crippen LogP contribution >= 0.6 is 0 Å². The molecular formula is C16H21N3O2. The first-order valence-electron chi connectivity index (χ1n) is 10.9. The summed E-state index contributed by atoms with van der Waals surface area (Å²) in [6.45, 7) is -4.59. The number of aryl methyl sites for hydroxylation is 1. The third-order valence-electron chi connectivity index (χ3n) is 2.95. The quantitative estimate of drug-likeness (QED) is 0.886. The second-order valence-corrected chi connectivity index (χ2v) is 4.83. The fourth-order valence-corrected chi connectivity index (χ4v) is 1.96. The second-order valence-electron chi connectivity index (χ2n) is 4.83. The van der Waals surface area contributed by atoms with Crippen LogP contribution in [0.15, 0.2) is 24.3 Å². The molecule has 0 aliphatic carbocycles. The Kier molecular flexibility index (Phi) is 1.88. The maximum Gasteiger partial charge on any atom is 0.407 e. The smallest absolute Gasteiger partial charge is 0.407 e. The van der Waals surface area contributed by atoms with Gasteiger partial charge in [-0.05, 0) is 50.1 Å². The van der Waals surface area contributed by atoms with E-state index in [1.54, 1.807) is 0 Å². The Hall–Kier alpha value is -2.01. The average molecular weight is 296 g/mol. The third kappa shape index (κ3) is 3.19. The monoisotopic (exact) mass is 296 g/mol. The lowest BCUT2D eigenvalue weighted by atomic mass is 10.0. The van der Waals surface area contributed by atoms with E-state index >= 15 is 0 Å². The first-order chi connectivity index (χ1) is 13.6. The number of carbonyl (C=O) groups excluding carboxylic acids is 1. The highest BCUT2D eigenvalue weighted by molar-refractivity contribution is 5.84. The van der Waals surface area contributed by atoms with Gasteiger partial charge in [-0.2, -0.15) is 0 Å². The molecule has 1 aromatic carbocycles. The maximum absolute atomic E-state index is 11.5. The van der Waals surface area contributed by atoms with Crippen molar-refractivity contribution in [1.29, 1.82) is 0 Å². The Balaban J connectivity index is 2.20. The maximum atomic E-state index is 11.5. The number of amides is 1. The summed E-state index contributed by atoms with van der Waals surface area (Å²) < 4.78 is 77.9. The molecule has 1 amide bonds. The van der Waals surface area contributed by atoms with Crippen LogP contribution in [0.5, 0.6) is 0 Å². The summed E-state index contributed by atoms with van der Waals surface area (Å²) >= 11 is 0. The van der Waals surface area contributed by atoms with Gasteiger partial charge in [0.05, 0.1) is 15.6 Å². The van der Waals surface area contributed by atoms with Crippen molar-refractivity contribution in [2.45, 2.75) is 18.9 Å². The first-order valence-corrected chi connectivity index (χ1v) is 6.39. The van der Waals surface area contributed by atoms with E-state index in [1.807, 2.05) is 0 Å². The van der Waals surface area contributed by atoms with Crippen molar-refractivity contribution >= 4 is 17.0 Å². The molecule has 2 N–H and O–H groups in total. The van der Waals surface area contributed by atoms with Crippen molar-refractivity contribution < 1.29 is 21.9 Å². The Morgan fingerprint density at radius 1 is 1.62 bits per heavy atom. The lowest BCUT2D eigenvalue weighted by Gasteiger charge is -2.09. The summed E-state index contributed by atoms with van der Waals surface area (Å²) in [5.74, 6) is 0.